The van der Waals surface area contributed by atoms with Gasteiger partial charge >= 0.3 is 0 Å². The van der Waals surface area contributed by atoms with Crippen LogP contribution in [0, 0.1) is 0 Å². The summed E-state index contributed by atoms with van der Waals surface area (Å²) in [6, 6.07) is 86.6. The van der Waals surface area contributed by atoms with Gasteiger partial charge in [-0.05, 0) is 144 Å². The number of hydrogen-bond donors (Lipinski definition) is 0. The van der Waals surface area contributed by atoms with E-state index in [1.165, 1.54) is 132 Å². The van der Waals surface area contributed by atoms with Crippen molar-refractivity contribution in [2.24, 2.45) is 0 Å². The van der Waals surface area contributed by atoms with E-state index in [2.05, 4.69) is 231 Å². The van der Waals surface area contributed by atoms with E-state index < -0.39 is 5.41 Å². The third kappa shape index (κ3) is 4.60. The van der Waals surface area contributed by atoms with Gasteiger partial charge in [-0.3, -0.25) is 0 Å². The Labute approximate surface area is 366 Å². The molecule has 0 heteroatoms. The molecule has 2 aliphatic rings. The zero-order valence-electron chi connectivity index (χ0n) is 34.4. The van der Waals surface area contributed by atoms with Gasteiger partial charge in [-0.25, -0.2) is 0 Å². The van der Waals surface area contributed by atoms with E-state index in [4.69, 9.17) is 0 Å². The summed E-state index contributed by atoms with van der Waals surface area (Å²) in [5.41, 5.74) is 17.8. The molecule has 0 aromatic heterocycles. The Balaban J connectivity index is 1.10. The summed E-state index contributed by atoms with van der Waals surface area (Å²) in [5.74, 6) is 0. The monoisotopic (exact) mass is 794 g/mol. The third-order valence-corrected chi connectivity index (χ3v) is 14.4. The summed E-state index contributed by atoms with van der Waals surface area (Å²) in [6.45, 7) is 0. The molecule has 0 atom stereocenters. The molecule has 0 unspecified atom stereocenters. The summed E-state index contributed by atoms with van der Waals surface area (Å²) < 4.78 is 0. The molecule has 12 aromatic rings. The molecule has 0 bridgehead atoms. The van der Waals surface area contributed by atoms with Gasteiger partial charge in [0, 0.05) is 0 Å². The predicted octanol–water partition coefficient (Wildman–Crippen LogP) is 16.8. The zero-order valence-corrected chi connectivity index (χ0v) is 34.4. The van der Waals surface area contributed by atoms with Gasteiger partial charge in [0.2, 0.25) is 0 Å². The molecular weight excluding hydrogens is 757 g/mol. The van der Waals surface area contributed by atoms with Crippen LogP contribution in [0.15, 0.2) is 231 Å². The van der Waals surface area contributed by atoms with Gasteiger partial charge in [0.25, 0.3) is 0 Å². The number of benzene rings is 12. The minimum atomic E-state index is -0.485. The van der Waals surface area contributed by atoms with Gasteiger partial charge in [0.1, 0.15) is 0 Å². The molecule has 0 saturated heterocycles. The van der Waals surface area contributed by atoms with Crippen LogP contribution in [-0.2, 0) is 5.41 Å². The van der Waals surface area contributed by atoms with Gasteiger partial charge in [0.15, 0.2) is 0 Å². The van der Waals surface area contributed by atoms with Crippen molar-refractivity contribution >= 4 is 53.9 Å². The molecular formula is C63H38. The SMILES string of the molecule is c1ccc(-c2cccc(-c3c4ccccc4c(-c4ccc5c6c(c7ccccc7c5c4)-c4c(ccc5ccccc45)C64c5ccccc5-c5ccccc54)c4ccccc34)c2)cc1. The lowest BCUT2D eigenvalue weighted by atomic mass is 9.69. The highest BCUT2D eigenvalue weighted by atomic mass is 14.5. The zero-order chi connectivity index (χ0) is 41.2. The third-order valence-electron chi connectivity index (χ3n) is 14.4. The topological polar surface area (TPSA) is 0 Å². The normalized spacial score (nSPS) is 13.2. The lowest BCUT2D eigenvalue weighted by molar-refractivity contribution is 0.802. The second-order valence-electron chi connectivity index (χ2n) is 17.4. The van der Waals surface area contributed by atoms with Crippen molar-refractivity contribution in [1.82, 2.24) is 0 Å². The second-order valence-corrected chi connectivity index (χ2v) is 17.4. The molecule has 0 fully saturated rings. The first-order chi connectivity index (χ1) is 31.3. The first-order valence-corrected chi connectivity index (χ1v) is 22.1. The van der Waals surface area contributed by atoms with Crippen LogP contribution in [0.3, 0.4) is 0 Å². The summed E-state index contributed by atoms with van der Waals surface area (Å²) in [5, 5.41) is 12.8. The summed E-state index contributed by atoms with van der Waals surface area (Å²) in [6.07, 6.45) is 0. The minimum Gasteiger partial charge on any atom is -0.0622 e. The van der Waals surface area contributed by atoms with Crippen LogP contribution in [0.2, 0.25) is 0 Å². The van der Waals surface area contributed by atoms with Crippen LogP contribution in [0.1, 0.15) is 22.3 Å². The van der Waals surface area contributed by atoms with Crippen LogP contribution in [0.25, 0.3) is 109 Å². The van der Waals surface area contributed by atoms with Crippen molar-refractivity contribution < 1.29 is 0 Å². The maximum atomic E-state index is 2.52. The smallest absolute Gasteiger partial charge is 0.0622 e. The Hall–Kier alpha value is -8.06. The van der Waals surface area contributed by atoms with Crippen LogP contribution in [0.4, 0.5) is 0 Å². The first-order valence-electron chi connectivity index (χ1n) is 22.1. The van der Waals surface area contributed by atoms with Gasteiger partial charge in [-0.1, -0.05) is 218 Å². The van der Waals surface area contributed by atoms with Crippen molar-refractivity contribution in [3.05, 3.63) is 253 Å². The molecule has 63 heavy (non-hydrogen) atoms. The van der Waals surface area contributed by atoms with Crippen molar-refractivity contribution in [1.29, 1.82) is 0 Å². The Morgan fingerprint density at radius 1 is 0.222 bits per heavy atom. The number of rotatable bonds is 3. The molecule has 0 saturated carbocycles. The van der Waals surface area contributed by atoms with Gasteiger partial charge in [0.05, 0.1) is 5.41 Å². The van der Waals surface area contributed by atoms with Crippen LogP contribution >= 0.6 is 0 Å². The Kier molecular flexibility index (Phi) is 7.13. The molecule has 0 aliphatic heterocycles. The fourth-order valence-corrected chi connectivity index (χ4v) is 12.0. The average molecular weight is 795 g/mol. The van der Waals surface area contributed by atoms with Gasteiger partial charge < -0.3 is 0 Å². The first kappa shape index (κ1) is 34.6. The molecule has 1 spiro atoms. The van der Waals surface area contributed by atoms with Crippen molar-refractivity contribution in [3.8, 4) is 55.6 Å². The van der Waals surface area contributed by atoms with Crippen molar-refractivity contribution in [2.45, 2.75) is 5.41 Å². The Bertz CT molecular complexity index is 3800. The highest BCUT2D eigenvalue weighted by Crippen LogP contribution is 2.66. The highest BCUT2D eigenvalue weighted by Gasteiger charge is 2.53. The number of fused-ring (bicyclic) bond motifs is 19. The summed E-state index contributed by atoms with van der Waals surface area (Å²) in [7, 11) is 0. The maximum absolute atomic E-state index is 2.52. The van der Waals surface area contributed by atoms with Crippen LogP contribution < -0.4 is 0 Å². The average Bonchev–Trinajstić information content (AvgIpc) is 3.84. The van der Waals surface area contributed by atoms with Crippen molar-refractivity contribution in [2.75, 3.05) is 0 Å². The molecule has 2 aliphatic carbocycles. The lowest BCUT2D eigenvalue weighted by Gasteiger charge is -2.32. The predicted molar refractivity (Wildman–Crippen MR) is 267 cm³/mol. The van der Waals surface area contributed by atoms with E-state index in [0.717, 1.165) is 0 Å². The molecule has 14 rings (SSSR count). The van der Waals surface area contributed by atoms with E-state index in [-0.39, 0.29) is 0 Å². The van der Waals surface area contributed by atoms with E-state index >= 15 is 0 Å². The number of hydrogen-bond acceptors (Lipinski definition) is 0. The molecule has 0 N–H and O–H groups in total. The molecule has 0 radical (unpaired) electrons. The van der Waals surface area contributed by atoms with Crippen LogP contribution in [-0.4, -0.2) is 0 Å². The Morgan fingerprint density at radius 3 is 1.37 bits per heavy atom. The van der Waals surface area contributed by atoms with Gasteiger partial charge in [-0.15, -0.1) is 0 Å². The second kappa shape index (κ2) is 13.0. The summed E-state index contributed by atoms with van der Waals surface area (Å²) >= 11 is 0. The molecule has 12 aromatic carbocycles. The fourth-order valence-electron chi connectivity index (χ4n) is 12.0. The lowest BCUT2D eigenvalue weighted by Crippen LogP contribution is -2.26. The highest BCUT2D eigenvalue weighted by molar-refractivity contribution is 6.26. The Morgan fingerprint density at radius 2 is 0.714 bits per heavy atom. The quantitative estimate of drug-likeness (QED) is 0.123. The minimum absolute atomic E-state index is 0.485. The summed E-state index contributed by atoms with van der Waals surface area (Å²) in [4.78, 5) is 0. The molecule has 0 amide bonds. The van der Waals surface area contributed by atoms with Gasteiger partial charge in [-0.2, -0.15) is 0 Å². The largest absolute Gasteiger partial charge is 0.0732 e. The van der Waals surface area contributed by atoms with E-state index in [1.54, 1.807) is 0 Å². The van der Waals surface area contributed by atoms with Crippen molar-refractivity contribution in [3.63, 3.8) is 0 Å². The standard InChI is InChI=1S/C63H38/c1-2-17-39(18-3-1)41-20-16-21-42(37-41)58-49-27-8-10-29-51(49)59(52-30-11-9-28-50(52)58)43-33-35-53-54(38-43)45-23-6-7-26-48(45)61-60-44-22-5-4-19-40(44)34-36-57(60)63(62(53)61)55-31-14-12-24-46(55)47-25-13-15-32-56(47)63/h1-38H. The van der Waals surface area contributed by atoms with E-state index in [9.17, 15) is 0 Å². The molecule has 290 valence electrons. The van der Waals surface area contributed by atoms with E-state index in [0.29, 0.717) is 0 Å². The van der Waals surface area contributed by atoms with Crippen LogP contribution in [0.5, 0.6) is 0 Å². The maximum Gasteiger partial charge on any atom is 0.0732 e. The molecule has 0 nitrogen and oxygen atoms in total. The molecule has 0 heterocycles. The van der Waals surface area contributed by atoms with E-state index in [1.807, 2.05) is 0 Å². The fraction of sp³-hybridized carbons (Fsp3) is 0.0159.